The Morgan fingerprint density at radius 3 is 1.80 bits per heavy atom. The van der Waals surface area contributed by atoms with Crippen LogP contribution in [0.1, 0.15) is 120 Å². The molecule has 0 spiro atoms. The zero-order valence-corrected chi connectivity index (χ0v) is 49.8. The highest BCUT2D eigenvalue weighted by atomic mass is 16.8. The summed E-state index contributed by atoms with van der Waals surface area (Å²) in [5.41, 5.74) is -1.17. The smallest absolute Gasteiger partial charge is 0.315 e. The first kappa shape index (κ1) is 66.2. The lowest BCUT2D eigenvalue weighted by Crippen LogP contribution is -2.66. The minimum atomic E-state index is -1.89. The van der Waals surface area contributed by atoms with Crippen LogP contribution in [0.15, 0.2) is 11.6 Å². The van der Waals surface area contributed by atoms with Crippen molar-refractivity contribution in [2.75, 3.05) is 26.4 Å². The summed E-state index contributed by atoms with van der Waals surface area (Å²) < 4.78 is 59.0. The first-order valence-electron chi connectivity index (χ1n) is 30.6. The van der Waals surface area contributed by atoms with Gasteiger partial charge in [0.25, 0.3) is 0 Å². The van der Waals surface area contributed by atoms with Crippen molar-refractivity contribution in [2.45, 2.75) is 273 Å². The lowest BCUT2D eigenvalue weighted by atomic mass is 9.33. The Morgan fingerprint density at radius 1 is 0.553 bits per heavy atom. The van der Waals surface area contributed by atoms with Crippen molar-refractivity contribution in [2.24, 2.45) is 50.2 Å². The minimum Gasteiger partial charge on any atom is -0.432 e. The number of hydrogen-bond donors (Lipinski definition) is 15. The Labute approximate surface area is 494 Å². The number of esters is 1. The van der Waals surface area contributed by atoms with Crippen molar-refractivity contribution in [3.63, 3.8) is 0 Å². The SMILES string of the molecule is C[C@@H]1O[C@@H](O[C@H]2[C@H](O)[C@@H](O)[C@H](OC[C@H]3O[C@@H](OC(=O)[C@]45CCC(C)(C)C[C@H]4C4=CC[C@@H]6[C@@]7(C)CC[C@H](O[C@H]8OC[C@H](O)[C@H](O[C@@H]9O[C@H](CO)[C@@H](O)[C@H](O)[C@H]9O)[C@H]8O)C(C)(C)[C@@H]7CC[C@@]6(C)[C@]4(C)CC5)[C@H](O)[C@@H](O)[C@@H]3O)O[C@@H]2CO)[C@H](O)[C@H](O)[C@H]1O. The number of allylic oxidation sites excluding steroid dienone is 2. The second-order valence-corrected chi connectivity index (χ2v) is 28.7. The topological polar surface area (TPSA) is 413 Å². The summed E-state index contributed by atoms with van der Waals surface area (Å²) >= 11 is 0. The molecule has 488 valence electrons. The molecule has 5 heterocycles. The molecule has 0 radical (unpaired) electrons. The Hall–Kier alpha value is -1.75. The van der Waals surface area contributed by atoms with Crippen molar-refractivity contribution in [1.29, 1.82) is 0 Å². The Bertz CT molecular complexity index is 2360. The fraction of sp³-hybridized carbons (Fsp3) is 0.949. The molecule has 5 aliphatic heterocycles. The van der Waals surface area contributed by atoms with Crippen LogP contribution in [0.4, 0.5) is 0 Å². The predicted molar refractivity (Wildman–Crippen MR) is 288 cm³/mol. The first-order valence-corrected chi connectivity index (χ1v) is 30.6. The number of aliphatic hydroxyl groups is 15. The maximum absolute atomic E-state index is 15.2. The van der Waals surface area contributed by atoms with E-state index >= 15 is 4.79 Å². The number of fused-ring (bicyclic) bond motifs is 7. The van der Waals surface area contributed by atoms with Gasteiger partial charge in [-0.25, -0.2) is 0 Å². The Balaban J connectivity index is 0.812. The van der Waals surface area contributed by atoms with Crippen LogP contribution in [0, 0.1) is 50.2 Å². The normalized spacial score (nSPS) is 54.1. The molecule has 0 amide bonds. The molecule has 10 rings (SSSR count). The van der Waals surface area contributed by atoms with Gasteiger partial charge in [-0.1, -0.05) is 60.1 Å². The van der Waals surface area contributed by atoms with Crippen LogP contribution in [0.5, 0.6) is 0 Å². The summed E-state index contributed by atoms with van der Waals surface area (Å²) in [6.07, 6.45) is -29.3. The second-order valence-electron chi connectivity index (χ2n) is 28.7. The van der Waals surface area contributed by atoms with Crippen LogP contribution in [0.3, 0.4) is 0 Å². The van der Waals surface area contributed by atoms with Gasteiger partial charge in [-0.3, -0.25) is 4.79 Å². The van der Waals surface area contributed by atoms with Gasteiger partial charge in [0.2, 0.25) is 6.29 Å². The Morgan fingerprint density at radius 2 is 1.13 bits per heavy atom. The monoisotopic (exact) mass is 1220 g/mol. The van der Waals surface area contributed by atoms with E-state index in [4.69, 9.17) is 47.4 Å². The molecule has 26 nitrogen and oxygen atoms in total. The highest BCUT2D eigenvalue weighted by Gasteiger charge is 2.70. The molecule has 0 aromatic carbocycles. The fourth-order valence-electron chi connectivity index (χ4n) is 17.6. The molecule has 10 aliphatic rings. The molecule has 0 bridgehead atoms. The van der Waals surface area contributed by atoms with Crippen LogP contribution in [-0.2, 0) is 52.2 Å². The van der Waals surface area contributed by atoms with Gasteiger partial charge in [0.05, 0.1) is 44.1 Å². The van der Waals surface area contributed by atoms with Gasteiger partial charge in [0.1, 0.15) is 110 Å². The summed E-state index contributed by atoms with van der Waals surface area (Å²) in [5.74, 6) is -0.482. The van der Waals surface area contributed by atoms with E-state index in [0.717, 1.165) is 25.7 Å². The third kappa shape index (κ3) is 11.2. The van der Waals surface area contributed by atoms with Crippen molar-refractivity contribution >= 4 is 5.97 Å². The van der Waals surface area contributed by atoms with Gasteiger partial charge < -0.3 is 124 Å². The zero-order valence-electron chi connectivity index (χ0n) is 49.8. The van der Waals surface area contributed by atoms with E-state index in [-0.39, 0.29) is 46.0 Å². The molecular weight excluding hydrogens is 1120 g/mol. The molecule has 4 saturated carbocycles. The van der Waals surface area contributed by atoms with E-state index in [1.165, 1.54) is 12.5 Å². The largest absolute Gasteiger partial charge is 0.432 e. The van der Waals surface area contributed by atoms with Gasteiger partial charge in [-0.05, 0) is 116 Å². The molecule has 5 aliphatic carbocycles. The highest BCUT2D eigenvalue weighted by Crippen LogP contribution is 2.76. The third-order valence-corrected chi connectivity index (χ3v) is 23.1. The quantitative estimate of drug-likeness (QED) is 0.0513. The molecule has 0 aromatic rings. The molecule has 32 atom stereocenters. The second kappa shape index (κ2) is 24.4. The van der Waals surface area contributed by atoms with E-state index in [0.29, 0.717) is 38.5 Å². The summed E-state index contributed by atoms with van der Waals surface area (Å²) in [4.78, 5) is 15.2. The van der Waals surface area contributed by atoms with E-state index in [1.807, 2.05) is 0 Å². The number of carbonyl (C=O) groups is 1. The Kier molecular flexibility index (Phi) is 19.0. The minimum absolute atomic E-state index is 0.156. The zero-order chi connectivity index (χ0) is 62.0. The molecular formula is C59H96O26. The van der Waals surface area contributed by atoms with Crippen molar-refractivity contribution < 1.29 is 129 Å². The lowest BCUT2D eigenvalue weighted by molar-refractivity contribution is -0.361. The first-order chi connectivity index (χ1) is 39.8. The van der Waals surface area contributed by atoms with Crippen molar-refractivity contribution in [1.82, 2.24) is 0 Å². The number of hydrogen-bond acceptors (Lipinski definition) is 26. The molecule has 85 heavy (non-hydrogen) atoms. The van der Waals surface area contributed by atoms with Gasteiger partial charge in [0.15, 0.2) is 25.2 Å². The third-order valence-electron chi connectivity index (χ3n) is 23.1. The average Bonchev–Trinajstić information content (AvgIpc) is 0.725. The summed E-state index contributed by atoms with van der Waals surface area (Å²) in [5, 5.41) is 161. The van der Waals surface area contributed by atoms with Crippen molar-refractivity contribution in [3.05, 3.63) is 11.6 Å². The van der Waals surface area contributed by atoms with E-state index in [2.05, 4.69) is 54.5 Å². The van der Waals surface area contributed by atoms with Gasteiger partial charge in [0, 0.05) is 0 Å². The van der Waals surface area contributed by atoms with Gasteiger partial charge in [-0.15, -0.1) is 0 Å². The standard InChI is InChI=1S/C59H96O26/c1-24-34(63)37(66)41(70)50(78-24)84-47-29(21-61)80-48(44(73)40(47)69)77-23-30-36(65)39(68)43(72)52(81-30)85-53(75)59-17-15-54(2,3)19-26(59)25-9-10-32-56(6)13-12-33(55(4,5)31(56)11-14-58(32,8)57(25,7)16-18-59)82-49-45(74)46(27(62)22-76-49)83-51-42(71)38(67)35(64)28(20-60)79-51/h9,24,26-52,60-74H,10-23H2,1-8H3/t24-,26-,27-,28+,29+,30+,31-,32+,33-,34-,35+,36+,37+,38-,39-,40+,41+,42+,43+,44+,45+,46-,47+,48+,49+,50-,51-,52-,56-,57+,58+,59-/m0/s1. The number of carbonyl (C=O) groups excluding carboxylic acids is 1. The van der Waals surface area contributed by atoms with Crippen molar-refractivity contribution in [3.8, 4) is 0 Å². The fourth-order valence-corrected chi connectivity index (χ4v) is 17.6. The van der Waals surface area contributed by atoms with Crippen LogP contribution in [0.2, 0.25) is 0 Å². The van der Waals surface area contributed by atoms with Crippen LogP contribution in [-0.4, -0.2) is 263 Å². The van der Waals surface area contributed by atoms with Crippen LogP contribution in [0.25, 0.3) is 0 Å². The summed E-state index contributed by atoms with van der Waals surface area (Å²) in [6, 6.07) is 0. The molecule has 26 heteroatoms. The average molecular weight is 1220 g/mol. The maximum atomic E-state index is 15.2. The molecule has 0 aromatic heterocycles. The molecule has 9 fully saturated rings. The van der Waals surface area contributed by atoms with E-state index in [9.17, 15) is 76.6 Å². The molecule has 5 saturated heterocycles. The predicted octanol–water partition coefficient (Wildman–Crippen LogP) is -2.54. The molecule has 0 unspecified atom stereocenters. The van der Waals surface area contributed by atoms with Gasteiger partial charge >= 0.3 is 5.97 Å². The maximum Gasteiger partial charge on any atom is 0.315 e. The summed E-state index contributed by atoms with van der Waals surface area (Å²) in [7, 11) is 0. The van der Waals surface area contributed by atoms with E-state index < -0.39 is 190 Å². The van der Waals surface area contributed by atoms with Crippen LogP contribution >= 0.6 is 0 Å². The number of rotatable bonds is 13. The van der Waals surface area contributed by atoms with E-state index in [1.54, 1.807) is 0 Å². The highest BCUT2D eigenvalue weighted by molar-refractivity contribution is 5.79. The lowest BCUT2D eigenvalue weighted by Gasteiger charge is -2.71. The number of ether oxygens (including phenoxy) is 10. The van der Waals surface area contributed by atoms with Gasteiger partial charge in [-0.2, -0.15) is 0 Å². The molecule has 15 N–H and O–H groups in total. The van der Waals surface area contributed by atoms with Crippen LogP contribution < -0.4 is 0 Å². The summed E-state index contributed by atoms with van der Waals surface area (Å²) in [6.45, 7) is 15.0. The number of aliphatic hydroxyl groups excluding tert-OH is 15.